The Bertz CT molecular complexity index is 212. The highest BCUT2D eigenvalue weighted by atomic mass is 16.3. The highest BCUT2D eigenvalue weighted by Crippen LogP contribution is 2.47. The van der Waals surface area contributed by atoms with Gasteiger partial charge in [0, 0.05) is 19.6 Å². The Kier molecular flexibility index (Phi) is 4.54. The van der Waals surface area contributed by atoms with Gasteiger partial charge in [-0.25, -0.2) is 0 Å². The molecule has 0 heterocycles. The van der Waals surface area contributed by atoms with Gasteiger partial charge in [0.1, 0.15) is 0 Å². The number of hydrogen-bond acceptors (Lipinski definition) is 3. The molecule has 3 N–H and O–H groups in total. The smallest absolute Gasteiger partial charge is 0.220 e. The van der Waals surface area contributed by atoms with Gasteiger partial charge in [0.15, 0.2) is 0 Å². The largest absolute Gasteiger partial charge is 0.396 e. The van der Waals surface area contributed by atoms with Crippen molar-refractivity contribution in [1.29, 1.82) is 0 Å². The number of hydrogen-bond donors (Lipinski definition) is 3. The van der Waals surface area contributed by atoms with E-state index in [-0.39, 0.29) is 17.9 Å². The zero-order valence-electron chi connectivity index (χ0n) is 9.33. The van der Waals surface area contributed by atoms with E-state index in [2.05, 4.69) is 5.32 Å². The normalized spacial score (nSPS) is 19.7. The lowest BCUT2D eigenvalue weighted by atomic mass is 10.0. The molecule has 1 atom stereocenters. The van der Waals surface area contributed by atoms with Gasteiger partial charge < -0.3 is 15.5 Å². The van der Waals surface area contributed by atoms with Gasteiger partial charge in [-0.3, -0.25) is 4.79 Å². The molecular formula is C11H21NO3. The SMILES string of the molecule is CC(O)CCC(=O)NCC1(CCO)CC1. The fraction of sp³-hybridized carbons (Fsp3) is 0.909. The molecule has 1 amide bonds. The van der Waals surface area contributed by atoms with Crippen molar-refractivity contribution >= 4 is 5.91 Å². The molecule has 0 aromatic rings. The van der Waals surface area contributed by atoms with Crippen LogP contribution in [0.3, 0.4) is 0 Å². The standard InChI is InChI=1S/C11H21NO3/c1-9(14)2-3-10(15)12-8-11(4-5-11)6-7-13/h9,13-14H,2-8H2,1H3,(H,12,15). The van der Waals surface area contributed by atoms with Crippen molar-refractivity contribution in [2.45, 2.75) is 45.1 Å². The number of aliphatic hydroxyl groups is 2. The first-order valence-electron chi connectivity index (χ1n) is 5.64. The maximum absolute atomic E-state index is 11.3. The lowest BCUT2D eigenvalue weighted by Gasteiger charge is -2.14. The molecule has 1 aliphatic rings. The van der Waals surface area contributed by atoms with Gasteiger partial charge in [-0.1, -0.05) is 0 Å². The number of carbonyl (C=O) groups is 1. The van der Waals surface area contributed by atoms with Crippen LogP contribution in [0.15, 0.2) is 0 Å². The number of amides is 1. The van der Waals surface area contributed by atoms with Crippen LogP contribution in [-0.4, -0.2) is 35.4 Å². The summed E-state index contributed by atoms with van der Waals surface area (Å²) < 4.78 is 0. The van der Waals surface area contributed by atoms with E-state index in [0.717, 1.165) is 19.3 Å². The molecule has 0 bridgehead atoms. The lowest BCUT2D eigenvalue weighted by Crippen LogP contribution is -2.31. The van der Waals surface area contributed by atoms with Crippen LogP contribution in [0.1, 0.15) is 39.0 Å². The van der Waals surface area contributed by atoms with E-state index in [4.69, 9.17) is 10.2 Å². The Balaban J connectivity index is 2.11. The summed E-state index contributed by atoms with van der Waals surface area (Å²) >= 11 is 0. The molecule has 0 aromatic carbocycles. The highest BCUT2D eigenvalue weighted by Gasteiger charge is 2.41. The summed E-state index contributed by atoms with van der Waals surface area (Å²) in [6.45, 7) is 2.55. The summed E-state index contributed by atoms with van der Waals surface area (Å²) in [5.41, 5.74) is 0.176. The van der Waals surface area contributed by atoms with Crippen LogP contribution < -0.4 is 5.32 Å². The fourth-order valence-electron chi connectivity index (χ4n) is 1.64. The fourth-order valence-corrected chi connectivity index (χ4v) is 1.64. The van der Waals surface area contributed by atoms with Crippen LogP contribution in [0.25, 0.3) is 0 Å². The summed E-state index contributed by atoms with van der Waals surface area (Å²) in [7, 11) is 0. The van der Waals surface area contributed by atoms with Crippen LogP contribution >= 0.6 is 0 Å². The molecule has 4 nitrogen and oxygen atoms in total. The van der Waals surface area contributed by atoms with Gasteiger partial charge in [0.2, 0.25) is 5.91 Å². The Hall–Kier alpha value is -0.610. The van der Waals surface area contributed by atoms with Crippen LogP contribution in [0, 0.1) is 5.41 Å². The molecule has 1 fully saturated rings. The van der Waals surface area contributed by atoms with Crippen LogP contribution in [-0.2, 0) is 4.79 Å². The highest BCUT2D eigenvalue weighted by molar-refractivity contribution is 5.75. The van der Waals surface area contributed by atoms with E-state index < -0.39 is 6.10 Å². The second-order valence-electron chi connectivity index (χ2n) is 4.64. The molecule has 0 saturated heterocycles. The maximum atomic E-state index is 11.3. The first-order valence-corrected chi connectivity index (χ1v) is 5.64. The molecule has 1 saturated carbocycles. The van der Waals surface area contributed by atoms with E-state index in [9.17, 15) is 4.79 Å². The minimum atomic E-state index is -0.414. The first-order chi connectivity index (χ1) is 7.08. The van der Waals surface area contributed by atoms with Crippen LogP contribution in [0.2, 0.25) is 0 Å². The number of nitrogens with one attached hydrogen (secondary N) is 1. The molecule has 0 aromatic heterocycles. The van der Waals surface area contributed by atoms with E-state index in [1.165, 1.54) is 0 Å². The molecule has 0 aliphatic heterocycles. The van der Waals surface area contributed by atoms with Crippen LogP contribution in [0.4, 0.5) is 0 Å². The Labute approximate surface area is 90.7 Å². The molecule has 1 unspecified atom stereocenters. The van der Waals surface area contributed by atoms with Crippen molar-refractivity contribution in [1.82, 2.24) is 5.32 Å². The third-order valence-corrected chi connectivity index (χ3v) is 3.05. The molecule has 88 valence electrons. The third-order valence-electron chi connectivity index (χ3n) is 3.05. The van der Waals surface area contributed by atoms with Crippen molar-refractivity contribution in [3.63, 3.8) is 0 Å². The number of carbonyl (C=O) groups excluding carboxylic acids is 1. The van der Waals surface area contributed by atoms with Gasteiger partial charge >= 0.3 is 0 Å². The second-order valence-corrected chi connectivity index (χ2v) is 4.64. The Morgan fingerprint density at radius 1 is 1.53 bits per heavy atom. The predicted molar refractivity (Wildman–Crippen MR) is 57.3 cm³/mol. The van der Waals surface area contributed by atoms with Crippen molar-refractivity contribution in [3.05, 3.63) is 0 Å². The zero-order valence-corrected chi connectivity index (χ0v) is 9.33. The summed E-state index contributed by atoms with van der Waals surface area (Å²) in [6, 6.07) is 0. The van der Waals surface area contributed by atoms with Crippen molar-refractivity contribution in [2.75, 3.05) is 13.2 Å². The molecule has 4 heteroatoms. The van der Waals surface area contributed by atoms with Gasteiger partial charge in [-0.05, 0) is 38.0 Å². The molecule has 0 radical (unpaired) electrons. The lowest BCUT2D eigenvalue weighted by molar-refractivity contribution is -0.121. The minimum absolute atomic E-state index is 0.000106. The third kappa shape index (κ3) is 4.62. The molecular weight excluding hydrogens is 194 g/mol. The zero-order chi connectivity index (χ0) is 11.3. The first kappa shape index (κ1) is 12.5. The number of rotatable bonds is 7. The van der Waals surface area contributed by atoms with E-state index in [0.29, 0.717) is 19.4 Å². The Morgan fingerprint density at radius 2 is 2.20 bits per heavy atom. The quantitative estimate of drug-likeness (QED) is 0.576. The van der Waals surface area contributed by atoms with Gasteiger partial charge in [-0.2, -0.15) is 0 Å². The average molecular weight is 215 g/mol. The number of aliphatic hydroxyl groups excluding tert-OH is 2. The summed E-state index contributed by atoms with van der Waals surface area (Å²) in [5.74, 6) is 0.000106. The van der Waals surface area contributed by atoms with Gasteiger partial charge in [-0.15, -0.1) is 0 Å². The van der Waals surface area contributed by atoms with Crippen molar-refractivity contribution in [2.24, 2.45) is 5.41 Å². The molecule has 1 rings (SSSR count). The molecule has 15 heavy (non-hydrogen) atoms. The van der Waals surface area contributed by atoms with Crippen molar-refractivity contribution < 1.29 is 15.0 Å². The predicted octanol–water partition coefficient (Wildman–Crippen LogP) is 0.426. The molecule has 1 aliphatic carbocycles. The summed E-state index contributed by atoms with van der Waals surface area (Å²) in [4.78, 5) is 11.3. The Morgan fingerprint density at radius 3 is 2.67 bits per heavy atom. The summed E-state index contributed by atoms with van der Waals surface area (Å²) in [5, 5.41) is 20.7. The average Bonchev–Trinajstić information content (AvgIpc) is 2.93. The molecule has 0 spiro atoms. The summed E-state index contributed by atoms with van der Waals surface area (Å²) in [6.07, 6.45) is 3.47. The second kappa shape index (κ2) is 5.47. The topological polar surface area (TPSA) is 69.6 Å². The maximum Gasteiger partial charge on any atom is 0.220 e. The van der Waals surface area contributed by atoms with E-state index in [1.54, 1.807) is 6.92 Å². The van der Waals surface area contributed by atoms with Crippen LogP contribution in [0.5, 0.6) is 0 Å². The monoisotopic (exact) mass is 215 g/mol. The van der Waals surface area contributed by atoms with E-state index >= 15 is 0 Å². The van der Waals surface area contributed by atoms with Gasteiger partial charge in [0.05, 0.1) is 6.10 Å². The minimum Gasteiger partial charge on any atom is -0.396 e. The van der Waals surface area contributed by atoms with Gasteiger partial charge in [0.25, 0.3) is 0 Å². The van der Waals surface area contributed by atoms with E-state index in [1.807, 2.05) is 0 Å². The van der Waals surface area contributed by atoms with Crippen molar-refractivity contribution in [3.8, 4) is 0 Å².